The first-order valence-electron chi connectivity index (χ1n) is 9.80. The van der Waals surface area contributed by atoms with Gasteiger partial charge in [-0.2, -0.15) is 8.78 Å². The Morgan fingerprint density at radius 2 is 1.81 bits per heavy atom. The minimum Gasteiger partial charge on any atom is -0.441 e. The molecule has 1 aliphatic heterocycles. The highest BCUT2D eigenvalue weighted by Crippen LogP contribution is 2.41. The van der Waals surface area contributed by atoms with Crippen molar-refractivity contribution >= 4 is 28.7 Å². The van der Waals surface area contributed by atoms with E-state index in [0.29, 0.717) is 23.8 Å². The number of ketones is 1. The molecule has 2 heterocycles. The lowest BCUT2D eigenvalue weighted by atomic mass is 9.99. The summed E-state index contributed by atoms with van der Waals surface area (Å²) < 4.78 is 35.0. The van der Waals surface area contributed by atoms with E-state index in [-0.39, 0.29) is 29.5 Å². The molecule has 0 bridgehead atoms. The van der Waals surface area contributed by atoms with Gasteiger partial charge in [0.1, 0.15) is 5.76 Å². The Morgan fingerprint density at radius 3 is 2.44 bits per heavy atom. The van der Waals surface area contributed by atoms with Crippen LogP contribution in [0.4, 0.5) is 13.6 Å². The lowest BCUT2D eigenvalue weighted by Gasteiger charge is -2.20. The first-order valence-corrected chi connectivity index (χ1v) is 10.7. The van der Waals surface area contributed by atoms with Crippen LogP contribution >= 0.6 is 11.8 Å². The smallest absolute Gasteiger partial charge is 0.294 e. The molecule has 0 aliphatic carbocycles. The summed E-state index contributed by atoms with van der Waals surface area (Å²) in [7, 11) is 0. The number of hydrogen-bond acceptors (Lipinski definition) is 6. The van der Waals surface area contributed by atoms with Gasteiger partial charge in [-0.1, -0.05) is 42.5 Å². The van der Waals surface area contributed by atoms with Gasteiger partial charge < -0.3 is 4.42 Å². The van der Waals surface area contributed by atoms with Gasteiger partial charge in [0.15, 0.2) is 11.0 Å². The minimum absolute atomic E-state index is 0.132. The Kier molecular flexibility index (Phi) is 5.92. The normalized spacial score (nSPS) is 16.3. The van der Waals surface area contributed by atoms with E-state index in [4.69, 9.17) is 4.42 Å². The molecule has 164 valence electrons. The predicted molar refractivity (Wildman–Crippen MR) is 115 cm³/mol. The topological polar surface area (TPSA) is 89.3 Å². The molecule has 1 fully saturated rings. The third-order valence-electron chi connectivity index (χ3n) is 5.11. The summed E-state index contributed by atoms with van der Waals surface area (Å²) in [5, 5.41) is -0.770. The zero-order chi connectivity index (χ0) is 22.9. The SMILES string of the molecule is Cc1oc(-c2ccccc2)nc1CCC(=O)c1ccc(C(F)(F)C2SC(=O)NC2=O)cc1. The maximum atomic E-state index is 14.6. The van der Waals surface area contributed by atoms with Crippen LogP contribution < -0.4 is 5.32 Å². The van der Waals surface area contributed by atoms with E-state index < -0.39 is 27.9 Å². The number of Topliss-reactive ketones (excluding diaryl/α,β-unsaturated/α-hetero) is 1. The molecule has 1 aliphatic rings. The van der Waals surface area contributed by atoms with Gasteiger partial charge in [0.05, 0.1) is 5.69 Å². The fourth-order valence-corrected chi connectivity index (χ4v) is 4.19. The number of aryl methyl sites for hydroxylation is 2. The molecule has 9 heteroatoms. The molecule has 2 amide bonds. The van der Waals surface area contributed by atoms with Crippen molar-refractivity contribution in [3.8, 4) is 11.5 Å². The first-order chi connectivity index (χ1) is 15.3. The molecule has 0 saturated carbocycles. The minimum atomic E-state index is -3.55. The second kappa shape index (κ2) is 8.66. The molecule has 0 spiro atoms. The number of amides is 2. The molecule has 1 atom stereocenters. The van der Waals surface area contributed by atoms with E-state index in [2.05, 4.69) is 4.98 Å². The molecule has 1 aromatic heterocycles. The average Bonchev–Trinajstić information content (AvgIpc) is 3.34. The molecule has 6 nitrogen and oxygen atoms in total. The van der Waals surface area contributed by atoms with Crippen molar-refractivity contribution in [3.05, 3.63) is 77.2 Å². The quantitative estimate of drug-likeness (QED) is 0.508. The van der Waals surface area contributed by atoms with Gasteiger partial charge in [0.25, 0.3) is 11.2 Å². The molecule has 0 radical (unpaired) electrons. The highest BCUT2D eigenvalue weighted by atomic mass is 32.2. The summed E-state index contributed by atoms with van der Waals surface area (Å²) in [5.41, 5.74) is 1.33. The van der Waals surface area contributed by atoms with Gasteiger partial charge in [-0.3, -0.25) is 19.7 Å². The van der Waals surface area contributed by atoms with Gasteiger partial charge in [-0.05, 0) is 30.8 Å². The maximum absolute atomic E-state index is 14.6. The lowest BCUT2D eigenvalue weighted by molar-refractivity contribution is -0.125. The van der Waals surface area contributed by atoms with Crippen molar-refractivity contribution in [2.75, 3.05) is 0 Å². The lowest BCUT2D eigenvalue weighted by Crippen LogP contribution is -2.36. The summed E-state index contributed by atoms with van der Waals surface area (Å²) in [4.78, 5) is 39.9. The van der Waals surface area contributed by atoms with Crippen molar-refractivity contribution in [1.82, 2.24) is 10.3 Å². The number of aromatic nitrogens is 1. The van der Waals surface area contributed by atoms with Crippen molar-refractivity contribution in [2.24, 2.45) is 0 Å². The second-order valence-corrected chi connectivity index (χ2v) is 8.36. The van der Waals surface area contributed by atoms with Crippen LogP contribution in [-0.2, 0) is 17.1 Å². The predicted octanol–water partition coefficient (Wildman–Crippen LogP) is 4.91. The van der Waals surface area contributed by atoms with E-state index in [1.807, 2.05) is 35.6 Å². The molecule has 1 N–H and O–H groups in total. The Morgan fingerprint density at radius 1 is 1.12 bits per heavy atom. The van der Waals surface area contributed by atoms with Crippen LogP contribution in [0.2, 0.25) is 0 Å². The molecule has 32 heavy (non-hydrogen) atoms. The van der Waals surface area contributed by atoms with Crippen LogP contribution in [0.25, 0.3) is 11.5 Å². The van der Waals surface area contributed by atoms with Crippen LogP contribution in [0.1, 0.15) is 33.8 Å². The molecule has 2 aromatic carbocycles. The van der Waals surface area contributed by atoms with Gasteiger partial charge in [-0.25, -0.2) is 4.98 Å². The van der Waals surface area contributed by atoms with E-state index in [1.165, 1.54) is 12.1 Å². The Hall–Kier alpha value is -3.33. The Labute approximate surface area is 186 Å². The van der Waals surface area contributed by atoms with Crippen molar-refractivity contribution in [1.29, 1.82) is 0 Å². The van der Waals surface area contributed by atoms with E-state index >= 15 is 0 Å². The van der Waals surface area contributed by atoms with E-state index in [1.54, 1.807) is 6.92 Å². The number of hydrogen-bond donors (Lipinski definition) is 1. The summed E-state index contributed by atoms with van der Waals surface area (Å²) >= 11 is 0.261. The first kappa shape index (κ1) is 21.9. The van der Waals surface area contributed by atoms with Crippen molar-refractivity contribution < 1.29 is 27.6 Å². The summed E-state index contributed by atoms with van der Waals surface area (Å²) in [6.07, 6.45) is 0.479. The third-order valence-corrected chi connectivity index (χ3v) is 6.17. The average molecular weight is 456 g/mol. The summed E-state index contributed by atoms with van der Waals surface area (Å²) in [6.45, 7) is 1.78. The van der Waals surface area contributed by atoms with Gasteiger partial charge >= 0.3 is 0 Å². The molecular weight excluding hydrogens is 438 g/mol. The fraction of sp³-hybridized carbons (Fsp3) is 0.217. The number of nitrogens with zero attached hydrogens (tertiary/aromatic N) is 1. The summed E-state index contributed by atoms with van der Waals surface area (Å²) in [6, 6.07) is 14.2. The number of rotatable bonds is 7. The molecule has 1 unspecified atom stereocenters. The standard InChI is InChI=1S/C23H18F2N2O4S/c1-13-17(26-21(31-13)15-5-3-2-4-6-15)11-12-18(28)14-7-9-16(10-8-14)23(24,25)19-20(29)27-22(30)32-19/h2-10,19H,11-12H2,1H3,(H,27,29,30). The highest BCUT2D eigenvalue weighted by Gasteiger charge is 2.51. The number of nitrogens with one attached hydrogen (secondary N) is 1. The molecule has 4 rings (SSSR count). The van der Waals surface area contributed by atoms with Crippen LogP contribution in [-0.4, -0.2) is 27.2 Å². The fourth-order valence-electron chi connectivity index (χ4n) is 3.36. The zero-order valence-corrected chi connectivity index (χ0v) is 17.7. The number of oxazole rings is 1. The number of thioether (sulfide) groups is 1. The largest absolute Gasteiger partial charge is 0.441 e. The third kappa shape index (κ3) is 4.34. The number of benzene rings is 2. The number of carbonyl (C=O) groups excluding carboxylic acids is 3. The molecule has 3 aromatic rings. The van der Waals surface area contributed by atoms with Crippen molar-refractivity contribution in [3.63, 3.8) is 0 Å². The zero-order valence-electron chi connectivity index (χ0n) is 16.9. The summed E-state index contributed by atoms with van der Waals surface area (Å²) in [5.74, 6) is -3.71. The van der Waals surface area contributed by atoms with Gasteiger partial charge in [-0.15, -0.1) is 0 Å². The number of halogens is 2. The highest BCUT2D eigenvalue weighted by molar-refractivity contribution is 8.15. The van der Waals surface area contributed by atoms with Crippen LogP contribution in [0.15, 0.2) is 59.0 Å². The van der Waals surface area contributed by atoms with Gasteiger partial charge in [0, 0.05) is 29.5 Å². The Balaban J connectivity index is 1.42. The van der Waals surface area contributed by atoms with E-state index in [0.717, 1.165) is 17.7 Å². The number of imide groups is 1. The molecular formula is C23H18F2N2O4S. The van der Waals surface area contributed by atoms with Crippen LogP contribution in [0, 0.1) is 6.92 Å². The van der Waals surface area contributed by atoms with Crippen LogP contribution in [0.3, 0.4) is 0 Å². The van der Waals surface area contributed by atoms with Crippen molar-refractivity contribution in [2.45, 2.75) is 30.9 Å². The Bertz CT molecular complexity index is 1180. The number of carbonyl (C=O) groups is 3. The second-order valence-electron chi connectivity index (χ2n) is 7.29. The monoisotopic (exact) mass is 456 g/mol. The molecule has 1 saturated heterocycles. The number of alkyl halides is 2. The van der Waals surface area contributed by atoms with Gasteiger partial charge in [0.2, 0.25) is 11.8 Å². The maximum Gasteiger partial charge on any atom is 0.294 e. The van der Waals surface area contributed by atoms with Crippen LogP contribution in [0.5, 0.6) is 0 Å². The van der Waals surface area contributed by atoms with E-state index in [9.17, 15) is 23.2 Å².